The highest BCUT2D eigenvalue weighted by molar-refractivity contribution is 6.02. The van der Waals surface area contributed by atoms with Crippen LogP contribution in [0, 0.1) is 23.3 Å². The van der Waals surface area contributed by atoms with Crippen molar-refractivity contribution in [3.8, 4) is 0 Å². The smallest absolute Gasteiger partial charge is 0.280 e. The second-order valence-corrected chi connectivity index (χ2v) is 7.11. The first-order valence-electron chi connectivity index (χ1n) is 9.29. The molecule has 0 bridgehead atoms. The largest absolute Gasteiger partial charge is 0.353 e. The standard InChI is InChI=1S/C20H21F4N5O/c21-12-5-11(6-13(22)8-12)17(25)9-18(26)28-20(27-14-2-3-14)29-19(30)10-1-4-15(23)16(24)7-10/h1,4-8,14,17-18H,2-3,9,25-26H2,(H2,27,28,29,30). The third-order valence-corrected chi connectivity index (χ3v) is 4.44. The van der Waals surface area contributed by atoms with E-state index in [0.29, 0.717) is 0 Å². The van der Waals surface area contributed by atoms with Gasteiger partial charge in [0.25, 0.3) is 5.91 Å². The van der Waals surface area contributed by atoms with Gasteiger partial charge in [-0.3, -0.25) is 4.79 Å². The molecule has 10 heteroatoms. The van der Waals surface area contributed by atoms with E-state index in [9.17, 15) is 22.4 Å². The van der Waals surface area contributed by atoms with Gasteiger partial charge in [0.05, 0.1) is 6.17 Å². The molecule has 1 saturated carbocycles. The van der Waals surface area contributed by atoms with Crippen LogP contribution >= 0.6 is 0 Å². The van der Waals surface area contributed by atoms with E-state index < -0.39 is 41.4 Å². The minimum Gasteiger partial charge on any atom is -0.353 e. The van der Waals surface area contributed by atoms with Crippen LogP contribution in [0.3, 0.4) is 0 Å². The van der Waals surface area contributed by atoms with E-state index in [1.807, 2.05) is 0 Å². The average Bonchev–Trinajstić information content (AvgIpc) is 3.46. The summed E-state index contributed by atoms with van der Waals surface area (Å²) < 4.78 is 53.2. The molecule has 0 saturated heterocycles. The van der Waals surface area contributed by atoms with Crippen molar-refractivity contribution in [3.05, 3.63) is 70.8 Å². The quantitative estimate of drug-likeness (QED) is 0.247. The summed E-state index contributed by atoms with van der Waals surface area (Å²) in [6.07, 6.45) is 1.01. The summed E-state index contributed by atoms with van der Waals surface area (Å²) in [4.78, 5) is 16.2. The molecule has 0 spiro atoms. The van der Waals surface area contributed by atoms with Crippen LogP contribution in [-0.2, 0) is 0 Å². The molecule has 1 aliphatic carbocycles. The zero-order valence-electron chi connectivity index (χ0n) is 15.8. The number of hydrogen-bond acceptors (Lipinski definition) is 3. The Balaban J connectivity index is 1.69. The first-order valence-corrected chi connectivity index (χ1v) is 9.29. The summed E-state index contributed by atoms with van der Waals surface area (Å²) in [7, 11) is 0. The molecule has 6 N–H and O–H groups in total. The molecule has 1 fully saturated rings. The highest BCUT2D eigenvalue weighted by atomic mass is 19.2. The lowest BCUT2D eigenvalue weighted by molar-refractivity contribution is 0.100. The fourth-order valence-electron chi connectivity index (χ4n) is 2.76. The monoisotopic (exact) mass is 423 g/mol. The molecule has 0 aromatic heterocycles. The van der Waals surface area contributed by atoms with Crippen LogP contribution in [0.4, 0.5) is 17.6 Å². The van der Waals surface area contributed by atoms with Gasteiger partial charge >= 0.3 is 0 Å². The van der Waals surface area contributed by atoms with Gasteiger partial charge in [0.2, 0.25) is 5.96 Å². The predicted octanol–water partition coefficient (Wildman–Crippen LogP) is 2.46. The van der Waals surface area contributed by atoms with Gasteiger partial charge in [0, 0.05) is 23.7 Å². The van der Waals surface area contributed by atoms with Crippen LogP contribution < -0.4 is 22.1 Å². The molecule has 0 heterocycles. The summed E-state index contributed by atoms with van der Waals surface area (Å²) in [5.74, 6) is -4.49. The summed E-state index contributed by atoms with van der Waals surface area (Å²) in [6, 6.07) is 5.01. The molecule has 2 aromatic rings. The Labute approximate surface area is 170 Å². The van der Waals surface area contributed by atoms with Crippen LogP contribution in [0.5, 0.6) is 0 Å². The predicted molar refractivity (Wildman–Crippen MR) is 103 cm³/mol. The van der Waals surface area contributed by atoms with E-state index in [1.54, 1.807) is 0 Å². The van der Waals surface area contributed by atoms with E-state index >= 15 is 0 Å². The number of rotatable bonds is 6. The minimum atomic E-state index is -1.16. The van der Waals surface area contributed by atoms with Crippen molar-refractivity contribution in [2.75, 3.05) is 0 Å². The molecule has 2 atom stereocenters. The molecule has 6 nitrogen and oxygen atoms in total. The molecule has 1 aliphatic rings. The maximum absolute atomic E-state index is 13.4. The summed E-state index contributed by atoms with van der Waals surface area (Å²) in [6.45, 7) is 0. The summed E-state index contributed by atoms with van der Waals surface area (Å²) in [5, 5.41) is 5.79. The molecule has 2 aromatic carbocycles. The molecule has 160 valence electrons. The number of nitrogens with one attached hydrogen (secondary N) is 2. The van der Waals surface area contributed by atoms with E-state index in [0.717, 1.165) is 49.2 Å². The van der Waals surface area contributed by atoms with Crippen LogP contribution in [-0.4, -0.2) is 24.1 Å². The molecule has 0 radical (unpaired) electrons. The van der Waals surface area contributed by atoms with Gasteiger partial charge in [-0.2, -0.15) is 4.99 Å². The number of benzene rings is 2. The lowest BCUT2D eigenvalue weighted by Gasteiger charge is -2.21. The molecule has 0 aliphatic heterocycles. The highest BCUT2D eigenvalue weighted by Crippen LogP contribution is 2.20. The SMILES string of the molecule is NC(CC(N)c1cc(F)cc(F)c1)N/C(=N\C(=O)c1ccc(F)c(F)c1)NC1CC1. The lowest BCUT2D eigenvalue weighted by atomic mass is 10.0. The van der Waals surface area contributed by atoms with E-state index in [4.69, 9.17) is 11.5 Å². The zero-order chi connectivity index (χ0) is 21.8. The topological polar surface area (TPSA) is 106 Å². The van der Waals surface area contributed by atoms with Gasteiger partial charge < -0.3 is 22.1 Å². The molecular formula is C20H21F4N5O. The van der Waals surface area contributed by atoms with Crippen molar-refractivity contribution in [1.82, 2.24) is 10.6 Å². The Morgan fingerprint density at radius 1 is 1.03 bits per heavy atom. The third-order valence-electron chi connectivity index (χ3n) is 4.44. The van der Waals surface area contributed by atoms with Crippen molar-refractivity contribution in [2.24, 2.45) is 16.5 Å². The van der Waals surface area contributed by atoms with Crippen molar-refractivity contribution in [2.45, 2.75) is 37.5 Å². The second-order valence-electron chi connectivity index (χ2n) is 7.11. The Kier molecular flexibility index (Phi) is 6.68. The number of halogens is 4. The maximum atomic E-state index is 13.4. The van der Waals surface area contributed by atoms with E-state index in [2.05, 4.69) is 15.6 Å². The molecule has 2 unspecified atom stereocenters. The number of guanidine groups is 1. The first-order chi connectivity index (χ1) is 14.2. The van der Waals surface area contributed by atoms with Crippen LogP contribution in [0.1, 0.15) is 41.2 Å². The van der Waals surface area contributed by atoms with Crippen LogP contribution in [0.2, 0.25) is 0 Å². The van der Waals surface area contributed by atoms with Gasteiger partial charge in [-0.15, -0.1) is 0 Å². The Morgan fingerprint density at radius 3 is 2.30 bits per heavy atom. The van der Waals surface area contributed by atoms with Gasteiger partial charge in [-0.25, -0.2) is 17.6 Å². The van der Waals surface area contributed by atoms with Crippen molar-refractivity contribution < 1.29 is 22.4 Å². The van der Waals surface area contributed by atoms with Crippen LogP contribution in [0.25, 0.3) is 0 Å². The van der Waals surface area contributed by atoms with E-state index in [-0.39, 0.29) is 29.5 Å². The third kappa shape index (κ3) is 6.01. The second kappa shape index (κ2) is 9.23. The fraction of sp³-hybridized carbons (Fsp3) is 0.300. The first kappa shape index (κ1) is 21.7. The number of hydrogen-bond donors (Lipinski definition) is 4. The molecule has 30 heavy (non-hydrogen) atoms. The minimum absolute atomic E-state index is 0.0531. The molecule has 3 rings (SSSR count). The number of carbonyl (C=O) groups is 1. The highest BCUT2D eigenvalue weighted by Gasteiger charge is 2.24. The van der Waals surface area contributed by atoms with Crippen molar-refractivity contribution in [3.63, 3.8) is 0 Å². The Hall–Kier alpha value is -2.98. The Bertz CT molecular complexity index is 944. The number of carbonyl (C=O) groups excluding carboxylic acids is 1. The molecular weight excluding hydrogens is 402 g/mol. The maximum Gasteiger partial charge on any atom is 0.280 e. The van der Waals surface area contributed by atoms with E-state index in [1.165, 1.54) is 0 Å². The molecule has 1 amide bonds. The van der Waals surface area contributed by atoms with Gasteiger partial charge in [-0.05, 0) is 55.2 Å². The number of nitrogens with two attached hydrogens (primary N) is 2. The van der Waals surface area contributed by atoms with Gasteiger partial charge in [0.15, 0.2) is 11.6 Å². The van der Waals surface area contributed by atoms with Crippen LogP contribution in [0.15, 0.2) is 41.4 Å². The fourth-order valence-corrected chi connectivity index (χ4v) is 2.76. The number of aliphatic imine (C=N–C) groups is 1. The summed E-state index contributed by atoms with van der Waals surface area (Å²) in [5.41, 5.74) is 12.1. The number of nitrogens with zero attached hydrogens (tertiary/aromatic N) is 1. The van der Waals surface area contributed by atoms with Crippen molar-refractivity contribution in [1.29, 1.82) is 0 Å². The average molecular weight is 423 g/mol. The van der Waals surface area contributed by atoms with Gasteiger partial charge in [0.1, 0.15) is 11.6 Å². The number of amides is 1. The van der Waals surface area contributed by atoms with Crippen molar-refractivity contribution >= 4 is 11.9 Å². The lowest BCUT2D eigenvalue weighted by Crippen LogP contribution is -2.49. The Morgan fingerprint density at radius 2 is 1.70 bits per heavy atom. The normalized spacial score (nSPS) is 16.1. The summed E-state index contributed by atoms with van der Waals surface area (Å²) >= 11 is 0. The zero-order valence-corrected chi connectivity index (χ0v) is 15.8. The van der Waals surface area contributed by atoms with Gasteiger partial charge in [-0.1, -0.05) is 0 Å².